The zero-order valence-corrected chi connectivity index (χ0v) is 46.8. The molecular weight excluding hydrogens is 865 g/mol. The summed E-state index contributed by atoms with van der Waals surface area (Å²) in [4.78, 5) is 38.0. The molecule has 0 saturated carbocycles. The highest BCUT2D eigenvalue weighted by molar-refractivity contribution is 5.71. The van der Waals surface area contributed by atoms with Gasteiger partial charge in [-0.25, -0.2) is 0 Å². The SMILES string of the molecule is CCCCCCC/C=C\C/C=C\C/C=C\CCCCCCCCCCCCCCCCC(=O)OCC(COC(=O)CCCCCCCCCCC)OC(=O)CCCCCCC/C=C\CCCCCCC. The molecule has 0 amide bonds. The van der Waals surface area contributed by atoms with Gasteiger partial charge in [-0.2, -0.15) is 0 Å². The minimum absolute atomic E-state index is 0.0731. The first-order chi connectivity index (χ1) is 34.5. The van der Waals surface area contributed by atoms with Crippen molar-refractivity contribution in [3.8, 4) is 0 Å². The van der Waals surface area contributed by atoms with E-state index in [4.69, 9.17) is 14.2 Å². The number of hydrogen-bond acceptors (Lipinski definition) is 6. The van der Waals surface area contributed by atoms with Gasteiger partial charge in [-0.1, -0.05) is 268 Å². The van der Waals surface area contributed by atoms with Crippen LogP contribution in [0.4, 0.5) is 0 Å². The summed E-state index contributed by atoms with van der Waals surface area (Å²) < 4.78 is 16.8. The van der Waals surface area contributed by atoms with E-state index in [0.29, 0.717) is 19.3 Å². The predicted molar refractivity (Wildman–Crippen MR) is 302 cm³/mol. The van der Waals surface area contributed by atoms with Crippen molar-refractivity contribution in [1.82, 2.24) is 0 Å². The van der Waals surface area contributed by atoms with Crippen LogP contribution < -0.4 is 0 Å². The Bertz CT molecular complexity index is 1220. The molecule has 0 N–H and O–H groups in total. The molecule has 408 valence electrons. The zero-order valence-electron chi connectivity index (χ0n) is 46.8. The first-order valence-corrected chi connectivity index (χ1v) is 30.6. The summed E-state index contributed by atoms with van der Waals surface area (Å²) in [5, 5.41) is 0. The lowest BCUT2D eigenvalue weighted by molar-refractivity contribution is -0.167. The molecule has 0 bridgehead atoms. The lowest BCUT2D eigenvalue weighted by atomic mass is 10.0. The molecule has 6 heteroatoms. The van der Waals surface area contributed by atoms with Crippen LogP contribution in [0.25, 0.3) is 0 Å². The van der Waals surface area contributed by atoms with Crippen LogP contribution in [0.5, 0.6) is 0 Å². The number of allylic oxidation sites excluding steroid dienone is 8. The maximum Gasteiger partial charge on any atom is 0.306 e. The molecule has 0 heterocycles. The van der Waals surface area contributed by atoms with E-state index in [2.05, 4.69) is 69.4 Å². The van der Waals surface area contributed by atoms with Crippen LogP contribution in [-0.4, -0.2) is 37.2 Å². The summed E-state index contributed by atoms with van der Waals surface area (Å²) in [5.41, 5.74) is 0. The minimum Gasteiger partial charge on any atom is -0.462 e. The number of ether oxygens (including phenoxy) is 3. The third kappa shape index (κ3) is 56.3. The highest BCUT2D eigenvalue weighted by atomic mass is 16.6. The Morgan fingerprint density at radius 3 is 0.814 bits per heavy atom. The van der Waals surface area contributed by atoms with E-state index in [1.165, 1.54) is 205 Å². The maximum atomic E-state index is 12.8. The van der Waals surface area contributed by atoms with Gasteiger partial charge in [0.15, 0.2) is 6.10 Å². The smallest absolute Gasteiger partial charge is 0.306 e. The summed E-state index contributed by atoms with van der Waals surface area (Å²) >= 11 is 0. The van der Waals surface area contributed by atoms with Gasteiger partial charge >= 0.3 is 17.9 Å². The molecule has 70 heavy (non-hydrogen) atoms. The Morgan fingerprint density at radius 2 is 0.514 bits per heavy atom. The second-order valence-corrected chi connectivity index (χ2v) is 20.6. The zero-order chi connectivity index (χ0) is 50.7. The number of carbonyl (C=O) groups excluding carboxylic acids is 3. The van der Waals surface area contributed by atoms with Crippen LogP contribution in [0.2, 0.25) is 0 Å². The molecule has 0 aromatic carbocycles. The number of carbonyl (C=O) groups is 3. The Labute approximate surface area is 435 Å². The van der Waals surface area contributed by atoms with Crippen LogP contribution in [0, 0.1) is 0 Å². The summed E-state index contributed by atoms with van der Waals surface area (Å²) in [6, 6.07) is 0. The van der Waals surface area contributed by atoms with Gasteiger partial charge in [0.2, 0.25) is 0 Å². The normalized spacial score (nSPS) is 12.3. The van der Waals surface area contributed by atoms with Gasteiger partial charge in [-0.15, -0.1) is 0 Å². The van der Waals surface area contributed by atoms with Crippen molar-refractivity contribution in [2.24, 2.45) is 0 Å². The van der Waals surface area contributed by atoms with Crippen LogP contribution in [0.15, 0.2) is 48.6 Å². The maximum absolute atomic E-state index is 12.8. The average Bonchev–Trinajstić information content (AvgIpc) is 3.36. The molecular formula is C64H116O6. The van der Waals surface area contributed by atoms with Crippen LogP contribution in [0.3, 0.4) is 0 Å². The molecule has 0 fully saturated rings. The van der Waals surface area contributed by atoms with Crippen molar-refractivity contribution >= 4 is 17.9 Å². The van der Waals surface area contributed by atoms with E-state index in [-0.39, 0.29) is 31.1 Å². The van der Waals surface area contributed by atoms with Crippen molar-refractivity contribution in [3.05, 3.63) is 48.6 Å². The largest absolute Gasteiger partial charge is 0.462 e. The second-order valence-electron chi connectivity index (χ2n) is 20.6. The van der Waals surface area contributed by atoms with Crippen molar-refractivity contribution < 1.29 is 28.6 Å². The summed E-state index contributed by atoms with van der Waals surface area (Å²) in [6.45, 7) is 6.62. The fourth-order valence-electron chi connectivity index (χ4n) is 8.92. The first kappa shape index (κ1) is 67.4. The Balaban J connectivity index is 4.11. The van der Waals surface area contributed by atoms with Crippen LogP contribution in [0.1, 0.15) is 323 Å². The van der Waals surface area contributed by atoms with E-state index in [0.717, 1.165) is 77.0 Å². The molecule has 0 rings (SSSR count). The Kier molecular flexibility index (Phi) is 56.7. The minimum atomic E-state index is -0.773. The third-order valence-corrected chi connectivity index (χ3v) is 13.6. The number of esters is 3. The van der Waals surface area contributed by atoms with Gasteiger partial charge in [0.25, 0.3) is 0 Å². The molecule has 0 aromatic heterocycles. The van der Waals surface area contributed by atoms with Gasteiger partial charge in [-0.05, 0) is 83.5 Å². The first-order valence-electron chi connectivity index (χ1n) is 30.6. The predicted octanol–water partition coefficient (Wildman–Crippen LogP) is 20.6. The fourth-order valence-corrected chi connectivity index (χ4v) is 8.92. The van der Waals surface area contributed by atoms with Crippen molar-refractivity contribution in [2.75, 3.05) is 13.2 Å². The molecule has 0 aliphatic carbocycles. The quantitative estimate of drug-likeness (QED) is 0.0261. The topological polar surface area (TPSA) is 78.9 Å². The molecule has 0 radical (unpaired) electrons. The monoisotopic (exact) mass is 981 g/mol. The summed E-state index contributed by atoms with van der Waals surface area (Å²) in [6.07, 6.45) is 72.7. The summed E-state index contributed by atoms with van der Waals surface area (Å²) in [7, 11) is 0. The lowest BCUT2D eigenvalue weighted by Gasteiger charge is -2.18. The van der Waals surface area contributed by atoms with E-state index < -0.39 is 6.10 Å². The number of unbranched alkanes of at least 4 members (excludes halogenated alkanes) is 37. The Morgan fingerprint density at radius 1 is 0.286 bits per heavy atom. The van der Waals surface area contributed by atoms with Crippen LogP contribution in [-0.2, 0) is 28.6 Å². The molecule has 1 unspecified atom stereocenters. The lowest BCUT2D eigenvalue weighted by Crippen LogP contribution is -2.30. The highest BCUT2D eigenvalue weighted by Gasteiger charge is 2.19. The summed E-state index contributed by atoms with van der Waals surface area (Å²) in [5.74, 6) is -0.871. The molecule has 0 aromatic rings. The van der Waals surface area contributed by atoms with Crippen LogP contribution >= 0.6 is 0 Å². The van der Waals surface area contributed by atoms with Gasteiger partial charge < -0.3 is 14.2 Å². The second kappa shape index (κ2) is 58.9. The average molecular weight is 982 g/mol. The number of hydrogen-bond donors (Lipinski definition) is 0. The molecule has 0 saturated heterocycles. The standard InChI is InChI=1S/C64H116O6/c1-4-7-10-13-16-19-21-23-25-26-27-28-29-30-31-32-33-34-35-36-37-38-39-41-42-45-48-51-54-57-63(66)69-60-61(59-68-62(65)56-53-50-47-44-18-15-12-9-6-3)70-64(67)58-55-52-49-46-43-40-24-22-20-17-14-11-8-5-2/h21-24,26-27,29-30,61H,4-20,25,28,31-60H2,1-3H3/b23-21-,24-22-,27-26-,30-29-. The Hall–Kier alpha value is -2.63. The van der Waals surface area contributed by atoms with Gasteiger partial charge in [0, 0.05) is 19.3 Å². The fraction of sp³-hybridized carbons (Fsp3) is 0.828. The molecule has 1 atom stereocenters. The van der Waals surface area contributed by atoms with Gasteiger partial charge in [0.1, 0.15) is 13.2 Å². The third-order valence-electron chi connectivity index (χ3n) is 13.6. The molecule has 6 nitrogen and oxygen atoms in total. The highest BCUT2D eigenvalue weighted by Crippen LogP contribution is 2.16. The van der Waals surface area contributed by atoms with Gasteiger partial charge in [0.05, 0.1) is 0 Å². The van der Waals surface area contributed by atoms with E-state index in [1.807, 2.05) is 0 Å². The van der Waals surface area contributed by atoms with Crippen molar-refractivity contribution in [1.29, 1.82) is 0 Å². The molecule has 0 spiro atoms. The van der Waals surface area contributed by atoms with E-state index in [9.17, 15) is 14.4 Å². The number of rotatable bonds is 56. The molecule has 0 aliphatic rings. The van der Waals surface area contributed by atoms with Gasteiger partial charge in [-0.3, -0.25) is 14.4 Å². The van der Waals surface area contributed by atoms with E-state index in [1.54, 1.807) is 0 Å². The van der Waals surface area contributed by atoms with Crippen molar-refractivity contribution in [2.45, 2.75) is 329 Å². The van der Waals surface area contributed by atoms with E-state index >= 15 is 0 Å². The van der Waals surface area contributed by atoms with Crippen molar-refractivity contribution in [3.63, 3.8) is 0 Å². The molecule has 0 aliphatic heterocycles.